The van der Waals surface area contributed by atoms with Gasteiger partial charge < -0.3 is 9.80 Å². The van der Waals surface area contributed by atoms with Gasteiger partial charge in [0.1, 0.15) is 11.6 Å². The monoisotopic (exact) mass is 392 g/mol. The van der Waals surface area contributed by atoms with Crippen LogP contribution < -0.4 is 4.90 Å². The van der Waals surface area contributed by atoms with E-state index in [2.05, 4.69) is 41.9 Å². The molecule has 152 valence electrons. The van der Waals surface area contributed by atoms with Crippen LogP contribution in [0.15, 0.2) is 36.4 Å². The molecular weight excluding hydrogens is 364 g/mol. The summed E-state index contributed by atoms with van der Waals surface area (Å²) in [4.78, 5) is 22.0. The van der Waals surface area contributed by atoms with Crippen LogP contribution in [0.25, 0.3) is 5.78 Å². The fraction of sp³-hybridized carbons (Fsp3) is 0.455. The van der Waals surface area contributed by atoms with Crippen LogP contribution in [0.2, 0.25) is 0 Å². The number of rotatable bonds is 5. The predicted octanol–water partition coefficient (Wildman–Crippen LogP) is 2.84. The average Bonchev–Trinajstić information content (AvgIpc) is 3.19. The Morgan fingerprint density at radius 2 is 1.79 bits per heavy atom. The highest BCUT2D eigenvalue weighted by Gasteiger charge is 2.28. The number of amides is 1. The maximum absolute atomic E-state index is 13.1. The van der Waals surface area contributed by atoms with Crippen molar-refractivity contribution in [3.63, 3.8) is 0 Å². The normalized spacial score (nSPS) is 15.7. The fourth-order valence-electron chi connectivity index (χ4n) is 4.13. The zero-order chi connectivity index (χ0) is 20.4. The molecule has 0 aliphatic carbocycles. The maximum Gasteiger partial charge on any atom is 0.257 e. The summed E-state index contributed by atoms with van der Waals surface area (Å²) in [6, 6.07) is 12.2. The van der Waals surface area contributed by atoms with Gasteiger partial charge in [0.25, 0.3) is 5.78 Å². The summed E-state index contributed by atoms with van der Waals surface area (Å²) >= 11 is 0. The number of piperazine rings is 1. The predicted molar refractivity (Wildman–Crippen MR) is 113 cm³/mol. The van der Waals surface area contributed by atoms with Gasteiger partial charge in [-0.15, -0.1) is 10.2 Å². The second-order valence-corrected chi connectivity index (χ2v) is 7.54. The zero-order valence-electron chi connectivity index (χ0n) is 17.4. The first-order chi connectivity index (χ1) is 14.1. The number of fused-ring (bicyclic) bond motifs is 1. The Kier molecular flexibility index (Phi) is 5.47. The molecule has 0 N–H and O–H groups in total. The van der Waals surface area contributed by atoms with Crippen molar-refractivity contribution in [1.29, 1.82) is 0 Å². The third-order valence-electron chi connectivity index (χ3n) is 5.76. The van der Waals surface area contributed by atoms with Gasteiger partial charge in [0, 0.05) is 44.4 Å². The number of hydrogen-bond donors (Lipinski definition) is 0. The summed E-state index contributed by atoms with van der Waals surface area (Å²) in [5, 5.41) is 8.46. The van der Waals surface area contributed by atoms with Crippen LogP contribution in [0.4, 0.5) is 5.82 Å². The molecule has 0 saturated carbocycles. The number of aromatic nitrogens is 4. The SMILES string of the molecule is CCc1nnc2nc(N3CCN(C(=O)C(CC)c4ccccc4)CC3)cc(C)n12. The zero-order valence-corrected chi connectivity index (χ0v) is 17.4. The molecule has 1 amide bonds. The quantitative estimate of drug-likeness (QED) is 0.668. The van der Waals surface area contributed by atoms with Gasteiger partial charge in [-0.1, -0.05) is 44.2 Å². The van der Waals surface area contributed by atoms with Crippen molar-refractivity contribution >= 4 is 17.5 Å². The molecule has 1 aromatic carbocycles. The molecule has 3 heterocycles. The molecule has 2 aromatic heterocycles. The van der Waals surface area contributed by atoms with E-state index in [1.807, 2.05) is 39.6 Å². The van der Waals surface area contributed by atoms with Gasteiger partial charge in [-0.05, 0) is 18.9 Å². The van der Waals surface area contributed by atoms with Crippen LogP contribution in [-0.4, -0.2) is 56.6 Å². The summed E-state index contributed by atoms with van der Waals surface area (Å²) in [6.07, 6.45) is 1.64. The van der Waals surface area contributed by atoms with Gasteiger partial charge in [0.05, 0.1) is 5.92 Å². The van der Waals surface area contributed by atoms with E-state index in [9.17, 15) is 4.79 Å². The highest BCUT2D eigenvalue weighted by atomic mass is 16.2. The Bertz CT molecular complexity index is 991. The number of nitrogens with zero attached hydrogens (tertiary/aromatic N) is 6. The summed E-state index contributed by atoms with van der Waals surface area (Å²) in [7, 11) is 0. The Balaban J connectivity index is 1.47. The van der Waals surface area contributed by atoms with Gasteiger partial charge in [0.2, 0.25) is 5.91 Å². The molecule has 1 fully saturated rings. The Labute approximate surface area is 171 Å². The first-order valence-corrected chi connectivity index (χ1v) is 10.4. The minimum Gasteiger partial charge on any atom is -0.353 e. The van der Waals surface area contributed by atoms with Crippen molar-refractivity contribution in [3.8, 4) is 0 Å². The molecule has 3 aromatic rings. The maximum atomic E-state index is 13.1. The minimum absolute atomic E-state index is 0.0667. The number of carbonyl (C=O) groups is 1. The minimum atomic E-state index is -0.0667. The van der Waals surface area contributed by atoms with E-state index in [4.69, 9.17) is 4.98 Å². The van der Waals surface area contributed by atoms with E-state index in [1.165, 1.54) is 0 Å². The largest absolute Gasteiger partial charge is 0.353 e. The number of aryl methyl sites for hydroxylation is 2. The molecule has 4 rings (SSSR count). The average molecular weight is 393 g/mol. The summed E-state index contributed by atoms with van der Waals surface area (Å²) in [6.45, 7) is 9.17. The van der Waals surface area contributed by atoms with Crippen LogP contribution in [0.1, 0.15) is 43.3 Å². The molecule has 7 nitrogen and oxygen atoms in total. The van der Waals surface area contributed by atoms with Crippen molar-refractivity contribution in [1.82, 2.24) is 24.5 Å². The fourth-order valence-corrected chi connectivity index (χ4v) is 4.13. The third kappa shape index (κ3) is 3.69. The van der Waals surface area contributed by atoms with Gasteiger partial charge >= 0.3 is 0 Å². The van der Waals surface area contributed by atoms with E-state index in [0.29, 0.717) is 18.9 Å². The van der Waals surface area contributed by atoms with Gasteiger partial charge in [-0.3, -0.25) is 9.20 Å². The van der Waals surface area contributed by atoms with Gasteiger partial charge in [-0.2, -0.15) is 4.98 Å². The highest BCUT2D eigenvalue weighted by molar-refractivity contribution is 5.84. The van der Waals surface area contributed by atoms with Crippen molar-refractivity contribution in [3.05, 3.63) is 53.5 Å². The Hall–Kier alpha value is -2.96. The van der Waals surface area contributed by atoms with E-state index >= 15 is 0 Å². The van der Waals surface area contributed by atoms with Crippen molar-refractivity contribution in [2.24, 2.45) is 0 Å². The van der Waals surface area contributed by atoms with E-state index in [1.54, 1.807) is 0 Å². The van der Waals surface area contributed by atoms with E-state index in [0.717, 1.165) is 48.8 Å². The van der Waals surface area contributed by atoms with Gasteiger partial charge in [0.15, 0.2) is 0 Å². The van der Waals surface area contributed by atoms with Crippen molar-refractivity contribution in [2.75, 3.05) is 31.1 Å². The first kappa shape index (κ1) is 19.4. The number of anilines is 1. The highest BCUT2D eigenvalue weighted by Crippen LogP contribution is 2.24. The van der Waals surface area contributed by atoms with Gasteiger partial charge in [-0.25, -0.2) is 0 Å². The molecule has 0 spiro atoms. The summed E-state index contributed by atoms with van der Waals surface area (Å²) < 4.78 is 2.01. The molecule has 1 aliphatic rings. The summed E-state index contributed by atoms with van der Waals surface area (Å²) in [5.41, 5.74) is 2.18. The van der Waals surface area contributed by atoms with E-state index < -0.39 is 0 Å². The molecule has 1 aliphatic heterocycles. The second kappa shape index (κ2) is 8.19. The van der Waals surface area contributed by atoms with Crippen LogP contribution >= 0.6 is 0 Å². The van der Waals surface area contributed by atoms with E-state index in [-0.39, 0.29) is 11.8 Å². The van der Waals surface area contributed by atoms with Crippen LogP contribution in [-0.2, 0) is 11.2 Å². The standard InChI is InChI=1S/C22H28N6O/c1-4-18(17-9-7-6-8-10-17)21(29)27-13-11-26(12-14-27)20-15-16(3)28-19(5-2)24-25-22(28)23-20/h6-10,15,18H,4-5,11-14H2,1-3H3. The van der Waals surface area contributed by atoms with Crippen molar-refractivity contribution < 1.29 is 4.79 Å². The van der Waals surface area contributed by atoms with Crippen molar-refractivity contribution in [2.45, 2.75) is 39.5 Å². The molecule has 1 atom stereocenters. The topological polar surface area (TPSA) is 66.6 Å². The number of hydrogen-bond acceptors (Lipinski definition) is 5. The molecular formula is C22H28N6O. The molecule has 0 bridgehead atoms. The van der Waals surface area contributed by atoms with Crippen LogP contribution in [0.3, 0.4) is 0 Å². The second-order valence-electron chi connectivity index (χ2n) is 7.54. The molecule has 1 saturated heterocycles. The first-order valence-electron chi connectivity index (χ1n) is 10.4. The lowest BCUT2D eigenvalue weighted by Crippen LogP contribution is -2.50. The molecule has 1 unspecified atom stereocenters. The lowest BCUT2D eigenvalue weighted by Gasteiger charge is -2.37. The summed E-state index contributed by atoms with van der Waals surface area (Å²) in [5.74, 6) is 2.64. The lowest BCUT2D eigenvalue weighted by atomic mass is 9.95. The Morgan fingerprint density at radius 1 is 1.07 bits per heavy atom. The lowest BCUT2D eigenvalue weighted by molar-refractivity contribution is -0.133. The number of benzene rings is 1. The third-order valence-corrected chi connectivity index (χ3v) is 5.76. The molecule has 7 heteroatoms. The molecule has 29 heavy (non-hydrogen) atoms. The Morgan fingerprint density at radius 3 is 2.45 bits per heavy atom. The van der Waals surface area contributed by atoms with Crippen LogP contribution in [0, 0.1) is 6.92 Å². The molecule has 0 radical (unpaired) electrons. The van der Waals surface area contributed by atoms with Crippen LogP contribution in [0.5, 0.6) is 0 Å². The number of carbonyl (C=O) groups excluding carboxylic acids is 1. The smallest absolute Gasteiger partial charge is 0.257 e.